The normalized spacial score (nSPS) is 10.5. The van der Waals surface area contributed by atoms with Gasteiger partial charge in [-0.3, -0.25) is 14.4 Å². The van der Waals surface area contributed by atoms with Gasteiger partial charge in [0.1, 0.15) is 5.75 Å². The molecule has 0 fully saturated rings. The maximum absolute atomic E-state index is 12.9. The minimum absolute atomic E-state index is 0.241. The summed E-state index contributed by atoms with van der Waals surface area (Å²) in [6.07, 6.45) is 0. The number of benzene rings is 4. The Kier molecular flexibility index (Phi) is 8.01. The molecule has 0 atom stereocenters. The van der Waals surface area contributed by atoms with Gasteiger partial charge < -0.3 is 15.4 Å². The fraction of sp³-hybridized carbons (Fsp3) is 0.100. The maximum Gasteiger partial charge on any atom is 0.262 e. The van der Waals surface area contributed by atoms with Gasteiger partial charge in [0.2, 0.25) is 0 Å². The topological polar surface area (TPSA) is 84.5 Å². The number of amides is 2. The number of hydrogen-bond donors (Lipinski definition) is 2. The van der Waals surface area contributed by atoms with E-state index in [1.807, 2.05) is 38.1 Å². The Morgan fingerprint density at radius 3 is 2.16 bits per heavy atom. The summed E-state index contributed by atoms with van der Waals surface area (Å²) < 4.78 is 5.58. The molecule has 0 spiro atoms. The Hall–Kier alpha value is -4.42. The first kappa shape index (κ1) is 25.7. The van der Waals surface area contributed by atoms with Crippen LogP contribution in [0.3, 0.4) is 0 Å². The fourth-order valence-corrected chi connectivity index (χ4v) is 3.92. The number of ether oxygens (including phenoxy) is 1. The first-order valence-corrected chi connectivity index (χ1v) is 12.0. The molecule has 4 aromatic carbocycles. The molecule has 0 unspecified atom stereocenters. The van der Waals surface area contributed by atoms with Gasteiger partial charge in [-0.1, -0.05) is 59.6 Å². The van der Waals surface area contributed by atoms with E-state index < -0.39 is 5.91 Å². The number of rotatable bonds is 8. The van der Waals surface area contributed by atoms with Crippen molar-refractivity contribution in [3.8, 4) is 5.75 Å². The Morgan fingerprint density at radius 2 is 1.46 bits per heavy atom. The molecule has 4 aromatic rings. The van der Waals surface area contributed by atoms with Gasteiger partial charge in [0.25, 0.3) is 11.8 Å². The number of nitrogens with one attached hydrogen (secondary N) is 2. The monoisotopic (exact) mass is 512 g/mol. The third-order valence-electron chi connectivity index (χ3n) is 5.65. The van der Waals surface area contributed by atoms with Crippen molar-refractivity contribution in [1.82, 2.24) is 0 Å². The van der Waals surface area contributed by atoms with Gasteiger partial charge in [0.15, 0.2) is 12.4 Å². The molecule has 0 saturated carbocycles. The van der Waals surface area contributed by atoms with Crippen LogP contribution in [-0.4, -0.2) is 24.2 Å². The number of carbonyl (C=O) groups excluding carboxylic acids is 3. The zero-order chi connectivity index (χ0) is 26.4. The minimum Gasteiger partial charge on any atom is -0.484 e. The molecule has 0 saturated heterocycles. The first-order chi connectivity index (χ1) is 17.8. The van der Waals surface area contributed by atoms with E-state index in [2.05, 4.69) is 10.6 Å². The lowest BCUT2D eigenvalue weighted by atomic mass is 10.0. The second-order valence-corrected chi connectivity index (χ2v) is 8.96. The fourth-order valence-electron chi connectivity index (χ4n) is 3.74. The molecule has 6 nitrogen and oxygen atoms in total. The second-order valence-electron chi connectivity index (χ2n) is 8.52. The summed E-state index contributed by atoms with van der Waals surface area (Å²) >= 11 is 6.10. The summed E-state index contributed by atoms with van der Waals surface area (Å²) in [6.45, 7) is 3.65. The van der Waals surface area contributed by atoms with Crippen molar-refractivity contribution in [3.63, 3.8) is 0 Å². The van der Waals surface area contributed by atoms with Gasteiger partial charge >= 0.3 is 0 Å². The van der Waals surface area contributed by atoms with E-state index in [9.17, 15) is 14.4 Å². The van der Waals surface area contributed by atoms with Crippen molar-refractivity contribution in [2.45, 2.75) is 13.8 Å². The Balaban J connectivity index is 1.36. The lowest BCUT2D eigenvalue weighted by molar-refractivity contribution is -0.118. The highest BCUT2D eigenvalue weighted by atomic mass is 35.5. The number of anilines is 2. The van der Waals surface area contributed by atoms with Crippen LogP contribution < -0.4 is 15.4 Å². The molecule has 0 bridgehead atoms. The summed E-state index contributed by atoms with van der Waals surface area (Å²) in [4.78, 5) is 38.1. The highest BCUT2D eigenvalue weighted by molar-refractivity contribution is 6.31. The molecule has 0 aromatic heterocycles. The predicted octanol–water partition coefficient (Wildman–Crippen LogP) is 6.46. The van der Waals surface area contributed by atoms with Crippen LogP contribution in [0.25, 0.3) is 0 Å². The van der Waals surface area contributed by atoms with Gasteiger partial charge in [-0.05, 0) is 67.9 Å². The summed E-state index contributed by atoms with van der Waals surface area (Å²) in [5.74, 6) is -0.514. The van der Waals surface area contributed by atoms with Gasteiger partial charge in [-0.2, -0.15) is 0 Å². The highest BCUT2D eigenvalue weighted by Gasteiger charge is 2.16. The van der Waals surface area contributed by atoms with Crippen LogP contribution in [-0.2, 0) is 4.79 Å². The van der Waals surface area contributed by atoms with Gasteiger partial charge in [-0.25, -0.2) is 0 Å². The molecule has 7 heteroatoms. The lowest BCUT2D eigenvalue weighted by Gasteiger charge is -2.12. The second kappa shape index (κ2) is 11.5. The molecular weight excluding hydrogens is 488 g/mol. The molecule has 0 aliphatic carbocycles. The van der Waals surface area contributed by atoms with Crippen LogP contribution in [0.1, 0.15) is 37.4 Å². The van der Waals surface area contributed by atoms with Crippen molar-refractivity contribution >= 4 is 40.6 Å². The van der Waals surface area contributed by atoms with Gasteiger partial charge in [0, 0.05) is 27.4 Å². The van der Waals surface area contributed by atoms with Crippen molar-refractivity contribution in [3.05, 3.63) is 124 Å². The van der Waals surface area contributed by atoms with E-state index in [4.69, 9.17) is 16.3 Å². The van der Waals surface area contributed by atoms with Crippen molar-refractivity contribution in [1.29, 1.82) is 0 Å². The third-order valence-corrected chi connectivity index (χ3v) is 5.89. The van der Waals surface area contributed by atoms with Crippen molar-refractivity contribution in [2.75, 3.05) is 17.2 Å². The third kappa shape index (κ3) is 6.63. The van der Waals surface area contributed by atoms with Crippen LogP contribution in [0, 0.1) is 13.8 Å². The average molecular weight is 513 g/mol. The first-order valence-electron chi connectivity index (χ1n) is 11.6. The zero-order valence-corrected chi connectivity index (χ0v) is 21.1. The lowest BCUT2D eigenvalue weighted by Crippen LogP contribution is -2.21. The molecular formula is C30H25ClN2O4. The van der Waals surface area contributed by atoms with Gasteiger partial charge in [-0.15, -0.1) is 0 Å². The molecule has 4 rings (SSSR count). The number of ketones is 1. The van der Waals surface area contributed by atoms with Crippen LogP contribution in [0.2, 0.25) is 5.02 Å². The highest BCUT2D eigenvalue weighted by Crippen LogP contribution is 2.24. The van der Waals surface area contributed by atoms with E-state index in [1.165, 1.54) is 6.07 Å². The summed E-state index contributed by atoms with van der Waals surface area (Å²) in [7, 11) is 0. The van der Waals surface area contributed by atoms with Crippen LogP contribution >= 0.6 is 11.6 Å². The Bertz CT molecular complexity index is 1450. The standard InChI is InChI=1S/C30H25ClN2O4/c1-19-8-14-26(20(2)16-19)33-30(36)22-9-12-24(13-10-22)37-18-28(34)32-27-15-11-23(31)17-25(27)29(35)21-6-4-3-5-7-21/h3-17H,18H2,1-2H3,(H,32,34)(H,33,36). The van der Waals surface area contributed by atoms with Crippen molar-refractivity contribution < 1.29 is 19.1 Å². The Morgan fingerprint density at radius 1 is 0.757 bits per heavy atom. The maximum atomic E-state index is 12.9. The van der Waals surface area contributed by atoms with E-state index >= 15 is 0 Å². The number of aryl methyl sites for hydroxylation is 2. The SMILES string of the molecule is Cc1ccc(NC(=O)c2ccc(OCC(=O)Nc3ccc(Cl)cc3C(=O)c3ccccc3)cc2)c(C)c1. The van der Waals surface area contributed by atoms with E-state index in [0.717, 1.165) is 16.8 Å². The minimum atomic E-state index is -0.443. The number of hydrogen-bond acceptors (Lipinski definition) is 4. The van der Waals surface area contributed by atoms with Crippen LogP contribution in [0.5, 0.6) is 5.75 Å². The summed E-state index contributed by atoms with van der Waals surface area (Å²) in [6, 6.07) is 25.8. The molecule has 0 radical (unpaired) electrons. The molecule has 0 heterocycles. The van der Waals surface area contributed by atoms with E-state index in [0.29, 0.717) is 27.6 Å². The smallest absolute Gasteiger partial charge is 0.262 e. The van der Waals surface area contributed by atoms with Crippen LogP contribution in [0.4, 0.5) is 11.4 Å². The average Bonchev–Trinajstić information content (AvgIpc) is 2.90. The quantitative estimate of drug-likeness (QED) is 0.265. The predicted molar refractivity (Wildman–Crippen MR) is 146 cm³/mol. The molecule has 37 heavy (non-hydrogen) atoms. The summed E-state index contributed by atoms with van der Waals surface area (Å²) in [5, 5.41) is 6.00. The molecule has 2 amide bonds. The largest absolute Gasteiger partial charge is 0.484 e. The van der Waals surface area contributed by atoms with Crippen molar-refractivity contribution in [2.24, 2.45) is 0 Å². The zero-order valence-electron chi connectivity index (χ0n) is 20.4. The Labute approximate surface area is 220 Å². The van der Waals surface area contributed by atoms with E-state index in [1.54, 1.807) is 60.7 Å². The van der Waals surface area contributed by atoms with Gasteiger partial charge in [0.05, 0.1) is 5.69 Å². The molecule has 0 aliphatic rings. The van der Waals surface area contributed by atoms with Crippen LogP contribution in [0.15, 0.2) is 91.0 Å². The van der Waals surface area contributed by atoms with E-state index in [-0.39, 0.29) is 23.9 Å². The molecule has 186 valence electrons. The number of halogens is 1. The summed E-state index contributed by atoms with van der Waals surface area (Å²) in [5.41, 5.74) is 4.42. The number of carbonyl (C=O) groups is 3. The molecule has 2 N–H and O–H groups in total. The molecule has 0 aliphatic heterocycles.